The quantitative estimate of drug-likeness (QED) is 0.648. The number of hydrazone groups is 1. The van der Waals surface area contributed by atoms with Crippen molar-refractivity contribution in [2.24, 2.45) is 5.10 Å². The third-order valence-electron chi connectivity index (χ3n) is 4.16. The normalized spacial score (nSPS) is 18.0. The molecule has 1 heterocycles. The first kappa shape index (κ1) is 16.0. The van der Waals surface area contributed by atoms with Crippen LogP contribution in [0.15, 0.2) is 102 Å². The second-order valence-electron chi connectivity index (χ2n) is 5.83. The molecule has 0 saturated heterocycles. The molecule has 24 heavy (non-hydrogen) atoms. The van der Waals surface area contributed by atoms with Gasteiger partial charge in [-0.1, -0.05) is 79.4 Å². The highest BCUT2D eigenvalue weighted by molar-refractivity contribution is 6.02. The van der Waals surface area contributed by atoms with Gasteiger partial charge in [-0.15, -0.1) is 0 Å². The Morgan fingerprint density at radius 2 is 1.71 bits per heavy atom. The summed E-state index contributed by atoms with van der Waals surface area (Å²) in [6.07, 6.45) is 8.72. The molecule has 2 nitrogen and oxygen atoms in total. The average molecular weight is 314 g/mol. The van der Waals surface area contributed by atoms with Crippen molar-refractivity contribution in [1.29, 1.82) is 0 Å². The smallest absolute Gasteiger partial charge is 0.0831 e. The van der Waals surface area contributed by atoms with Gasteiger partial charge in [0.2, 0.25) is 0 Å². The molecule has 0 aliphatic carbocycles. The van der Waals surface area contributed by atoms with Gasteiger partial charge in [-0.25, -0.2) is 0 Å². The van der Waals surface area contributed by atoms with Crippen molar-refractivity contribution in [3.05, 3.63) is 103 Å². The largest absolute Gasteiger partial charge is 0.257 e. The fraction of sp³-hybridized carbons (Fsp3) is 0.136. The van der Waals surface area contributed by atoms with E-state index in [1.165, 1.54) is 11.1 Å². The molecule has 0 spiro atoms. The molecular weight excluding hydrogens is 292 g/mol. The van der Waals surface area contributed by atoms with Crippen LogP contribution < -0.4 is 5.01 Å². The summed E-state index contributed by atoms with van der Waals surface area (Å²) >= 11 is 0. The summed E-state index contributed by atoms with van der Waals surface area (Å²) < 4.78 is 0. The summed E-state index contributed by atoms with van der Waals surface area (Å²) in [5, 5.41) is 7.05. The van der Waals surface area contributed by atoms with Gasteiger partial charge in [0.15, 0.2) is 0 Å². The van der Waals surface area contributed by atoms with E-state index in [1.807, 2.05) is 18.2 Å². The zero-order chi connectivity index (χ0) is 16.8. The minimum atomic E-state index is 0.232. The molecule has 1 aliphatic heterocycles. The monoisotopic (exact) mass is 314 g/mol. The van der Waals surface area contributed by atoms with Gasteiger partial charge >= 0.3 is 0 Å². The molecule has 2 aromatic rings. The molecule has 0 amide bonds. The molecule has 1 unspecified atom stereocenters. The number of anilines is 1. The Balaban J connectivity index is 1.95. The van der Waals surface area contributed by atoms with Crippen molar-refractivity contribution in [2.45, 2.75) is 19.4 Å². The molecule has 0 bridgehead atoms. The van der Waals surface area contributed by atoms with Gasteiger partial charge in [0.25, 0.3) is 0 Å². The second-order valence-corrected chi connectivity index (χ2v) is 5.83. The molecule has 120 valence electrons. The Kier molecular flexibility index (Phi) is 5.07. The Morgan fingerprint density at radius 3 is 2.38 bits per heavy atom. The molecule has 1 atom stereocenters. The molecular formula is C22H22N2. The van der Waals surface area contributed by atoms with Crippen LogP contribution >= 0.6 is 0 Å². The Morgan fingerprint density at radius 1 is 1.04 bits per heavy atom. The molecule has 3 rings (SSSR count). The van der Waals surface area contributed by atoms with Crippen LogP contribution in [0.1, 0.15) is 24.9 Å². The van der Waals surface area contributed by atoms with Crippen LogP contribution in [0.25, 0.3) is 0 Å². The predicted molar refractivity (Wildman–Crippen MR) is 103 cm³/mol. The number of hydrogen-bond acceptors (Lipinski definition) is 2. The molecule has 1 aliphatic rings. The zero-order valence-corrected chi connectivity index (χ0v) is 14.0. The highest BCUT2D eigenvalue weighted by Gasteiger charge is 2.29. The predicted octanol–water partition coefficient (Wildman–Crippen LogP) is 5.68. The minimum Gasteiger partial charge on any atom is -0.257 e. The zero-order valence-electron chi connectivity index (χ0n) is 14.0. The van der Waals surface area contributed by atoms with E-state index in [0.29, 0.717) is 0 Å². The van der Waals surface area contributed by atoms with Crippen molar-refractivity contribution in [2.75, 3.05) is 5.01 Å². The summed E-state index contributed by atoms with van der Waals surface area (Å²) in [6.45, 7) is 5.82. The van der Waals surface area contributed by atoms with Gasteiger partial charge < -0.3 is 0 Å². The summed E-state index contributed by atoms with van der Waals surface area (Å²) in [4.78, 5) is 0. The number of nitrogens with zero attached hydrogens (tertiary/aromatic N) is 2. The SMILES string of the molecule is C=C/C=C\C=C(/C)C1=NN(c2ccccc2)C(c2ccccc2)C1. The van der Waals surface area contributed by atoms with Gasteiger partial charge in [0.1, 0.15) is 0 Å². The number of allylic oxidation sites excluding steroid dienone is 5. The van der Waals surface area contributed by atoms with E-state index in [2.05, 4.69) is 79.2 Å². The van der Waals surface area contributed by atoms with E-state index >= 15 is 0 Å². The van der Waals surface area contributed by atoms with Crippen molar-refractivity contribution in [3.8, 4) is 0 Å². The number of rotatable bonds is 5. The second kappa shape index (κ2) is 7.60. The van der Waals surface area contributed by atoms with Gasteiger partial charge in [-0.2, -0.15) is 5.10 Å². The molecule has 0 N–H and O–H groups in total. The van der Waals surface area contributed by atoms with Crippen LogP contribution in [0.4, 0.5) is 5.69 Å². The van der Waals surface area contributed by atoms with E-state index in [1.54, 1.807) is 6.08 Å². The lowest BCUT2D eigenvalue weighted by Crippen LogP contribution is -2.18. The first-order chi connectivity index (χ1) is 11.8. The lowest BCUT2D eigenvalue weighted by molar-refractivity contribution is 0.709. The Labute approximate surface area is 144 Å². The van der Waals surface area contributed by atoms with Crippen molar-refractivity contribution in [1.82, 2.24) is 0 Å². The van der Waals surface area contributed by atoms with Gasteiger partial charge in [0, 0.05) is 6.42 Å². The number of benzene rings is 2. The van der Waals surface area contributed by atoms with Crippen LogP contribution in [0.5, 0.6) is 0 Å². The summed E-state index contributed by atoms with van der Waals surface area (Å²) in [7, 11) is 0. The highest BCUT2D eigenvalue weighted by Crippen LogP contribution is 2.36. The number of hydrogen-bond donors (Lipinski definition) is 0. The molecule has 2 heteroatoms. The van der Waals surface area contributed by atoms with E-state index < -0.39 is 0 Å². The molecule has 0 fully saturated rings. The molecule has 0 aromatic heterocycles. The number of para-hydroxylation sites is 1. The maximum atomic E-state index is 4.92. The molecule has 2 aromatic carbocycles. The standard InChI is InChI=1S/C22H22N2/c1-3-4-7-12-18(2)21-17-22(19-13-8-5-9-14-19)24(23-21)20-15-10-6-11-16-20/h3-16,22H,1,17H2,2H3/b7-4-,18-12+. The molecule has 0 radical (unpaired) electrons. The molecule has 0 saturated carbocycles. The van der Waals surface area contributed by atoms with E-state index in [4.69, 9.17) is 5.10 Å². The van der Waals surface area contributed by atoms with Gasteiger partial charge in [-0.05, 0) is 30.2 Å². The minimum absolute atomic E-state index is 0.232. The van der Waals surface area contributed by atoms with Crippen molar-refractivity contribution < 1.29 is 0 Å². The highest BCUT2D eigenvalue weighted by atomic mass is 15.5. The van der Waals surface area contributed by atoms with E-state index in [0.717, 1.165) is 17.8 Å². The average Bonchev–Trinajstić information content (AvgIpc) is 3.09. The fourth-order valence-corrected chi connectivity index (χ4v) is 2.88. The Hall–Kier alpha value is -2.87. The fourth-order valence-electron chi connectivity index (χ4n) is 2.88. The van der Waals surface area contributed by atoms with Gasteiger partial charge in [0.05, 0.1) is 17.4 Å². The first-order valence-electron chi connectivity index (χ1n) is 8.22. The lowest BCUT2D eigenvalue weighted by Gasteiger charge is -2.23. The van der Waals surface area contributed by atoms with E-state index in [9.17, 15) is 0 Å². The summed E-state index contributed by atoms with van der Waals surface area (Å²) in [6, 6.07) is 21.2. The first-order valence-corrected chi connectivity index (χ1v) is 8.22. The van der Waals surface area contributed by atoms with Crippen molar-refractivity contribution >= 4 is 11.4 Å². The summed E-state index contributed by atoms with van der Waals surface area (Å²) in [5.74, 6) is 0. The van der Waals surface area contributed by atoms with Crippen molar-refractivity contribution in [3.63, 3.8) is 0 Å². The maximum absolute atomic E-state index is 4.92. The van der Waals surface area contributed by atoms with Crippen LogP contribution in [-0.4, -0.2) is 5.71 Å². The topological polar surface area (TPSA) is 15.6 Å². The van der Waals surface area contributed by atoms with E-state index in [-0.39, 0.29) is 6.04 Å². The third kappa shape index (κ3) is 3.54. The maximum Gasteiger partial charge on any atom is 0.0831 e. The third-order valence-corrected chi connectivity index (χ3v) is 4.16. The Bertz CT molecular complexity index is 770. The van der Waals surface area contributed by atoms with Crippen LogP contribution in [0.2, 0.25) is 0 Å². The van der Waals surface area contributed by atoms with Gasteiger partial charge in [-0.3, -0.25) is 5.01 Å². The van der Waals surface area contributed by atoms with Crippen LogP contribution in [-0.2, 0) is 0 Å². The summed E-state index contributed by atoms with van der Waals surface area (Å²) in [5.41, 5.74) is 4.72. The van der Waals surface area contributed by atoms with Crippen LogP contribution in [0.3, 0.4) is 0 Å². The van der Waals surface area contributed by atoms with Crippen LogP contribution in [0, 0.1) is 0 Å². The lowest BCUT2D eigenvalue weighted by atomic mass is 9.98.